The minimum Gasteiger partial charge on any atom is -0.480 e. The van der Waals surface area contributed by atoms with Crippen LogP contribution in [-0.4, -0.2) is 59.8 Å². The second-order valence-corrected chi connectivity index (χ2v) is 8.51. The maximum absolute atomic E-state index is 10.7. The quantitative estimate of drug-likeness (QED) is 0.148. The number of aliphatic hydroxyl groups is 2. The van der Waals surface area contributed by atoms with Crippen LogP contribution in [0.25, 0.3) is 0 Å². The van der Waals surface area contributed by atoms with Crippen LogP contribution in [0.1, 0.15) is 110 Å². The molecular formula is C24H50ClNO5. The van der Waals surface area contributed by atoms with Crippen LogP contribution in [0, 0.1) is 0 Å². The van der Waals surface area contributed by atoms with Crippen LogP contribution in [0.5, 0.6) is 0 Å². The zero-order valence-electron chi connectivity index (χ0n) is 19.9. The highest BCUT2D eigenvalue weighted by molar-refractivity contribution is 5.85. The third-order valence-corrected chi connectivity index (χ3v) is 5.53. The lowest BCUT2D eigenvalue weighted by atomic mass is 10.0. The lowest BCUT2D eigenvalue weighted by Crippen LogP contribution is -2.44. The minimum atomic E-state index is -1.13. The Kier molecular flexibility index (Phi) is 27.3. The van der Waals surface area contributed by atoms with Crippen molar-refractivity contribution in [2.75, 3.05) is 26.4 Å². The van der Waals surface area contributed by atoms with Crippen molar-refractivity contribution in [3.63, 3.8) is 0 Å². The molecule has 0 heterocycles. The number of nitrogens with one attached hydrogen (secondary N) is 1. The number of aliphatic hydroxyl groups excluding tert-OH is 2. The molecule has 4 N–H and O–H groups in total. The number of rotatable bonds is 24. The Morgan fingerprint density at radius 2 is 1.23 bits per heavy atom. The summed E-state index contributed by atoms with van der Waals surface area (Å²) in [5.41, 5.74) is 0. The number of carboxylic acid groups (broad SMARTS) is 1. The summed E-state index contributed by atoms with van der Waals surface area (Å²) in [6.07, 6.45) is 20.6. The Balaban J connectivity index is 0. The zero-order chi connectivity index (χ0) is 22.3. The van der Waals surface area contributed by atoms with E-state index in [-0.39, 0.29) is 25.6 Å². The zero-order valence-corrected chi connectivity index (χ0v) is 20.7. The summed E-state index contributed by atoms with van der Waals surface area (Å²) in [7, 11) is 0. The van der Waals surface area contributed by atoms with Crippen LogP contribution in [0.3, 0.4) is 0 Å². The summed E-state index contributed by atoms with van der Waals surface area (Å²) in [6.45, 7) is 2.67. The molecule has 0 aromatic carbocycles. The molecule has 0 radical (unpaired) electrons. The monoisotopic (exact) mass is 467 g/mol. The maximum atomic E-state index is 10.7. The predicted molar refractivity (Wildman–Crippen MR) is 130 cm³/mol. The largest absolute Gasteiger partial charge is 0.480 e. The van der Waals surface area contributed by atoms with E-state index in [2.05, 4.69) is 12.2 Å². The maximum Gasteiger partial charge on any atom is 0.323 e. The summed E-state index contributed by atoms with van der Waals surface area (Å²) in [5, 5.41) is 30.0. The van der Waals surface area contributed by atoms with Gasteiger partial charge < -0.3 is 20.1 Å². The van der Waals surface area contributed by atoms with Gasteiger partial charge in [-0.3, -0.25) is 10.1 Å². The molecule has 0 aromatic heterocycles. The molecule has 0 aliphatic heterocycles. The van der Waals surface area contributed by atoms with Crippen molar-refractivity contribution in [1.29, 1.82) is 0 Å². The standard InChI is InChI=1S/C24H49NO5.ClH/c1-2-3-4-5-6-7-8-9-10-11-12-13-14-15-16-17-18-30-21-22(27)19-25-23(20-26)24(28)29;/h22-23,25-27H,2-21H2,1H3,(H,28,29);1H. The average molecular weight is 468 g/mol. The van der Waals surface area contributed by atoms with E-state index in [0.29, 0.717) is 6.61 Å². The lowest BCUT2D eigenvalue weighted by molar-refractivity contribution is -0.140. The molecule has 6 nitrogen and oxygen atoms in total. The van der Waals surface area contributed by atoms with Gasteiger partial charge in [-0.05, 0) is 6.42 Å². The van der Waals surface area contributed by atoms with Gasteiger partial charge in [-0.15, -0.1) is 12.4 Å². The summed E-state index contributed by atoms with van der Waals surface area (Å²) in [4.78, 5) is 10.7. The van der Waals surface area contributed by atoms with E-state index in [1.807, 2.05) is 0 Å². The fraction of sp³-hybridized carbons (Fsp3) is 0.958. The normalized spacial score (nSPS) is 13.0. The van der Waals surface area contributed by atoms with Gasteiger partial charge in [-0.25, -0.2) is 0 Å². The van der Waals surface area contributed by atoms with Crippen LogP contribution < -0.4 is 5.32 Å². The van der Waals surface area contributed by atoms with Crippen molar-refractivity contribution < 1.29 is 24.9 Å². The summed E-state index contributed by atoms with van der Waals surface area (Å²) >= 11 is 0. The number of carbonyl (C=O) groups is 1. The first-order valence-corrected chi connectivity index (χ1v) is 12.4. The lowest BCUT2D eigenvalue weighted by Gasteiger charge is -2.15. The number of unbranched alkanes of at least 4 members (excludes halogenated alkanes) is 15. The predicted octanol–water partition coefficient (Wildman–Crippen LogP) is 5.08. The third kappa shape index (κ3) is 24.1. The molecule has 2 unspecified atom stereocenters. The molecule has 0 spiro atoms. The highest BCUT2D eigenvalue weighted by Crippen LogP contribution is 2.13. The Bertz CT molecular complexity index is 374. The highest BCUT2D eigenvalue weighted by atomic mass is 35.5. The van der Waals surface area contributed by atoms with Crippen LogP contribution in [0.4, 0.5) is 0 Å². The van der Waals surface area contributed by atoms with Gasteiger partial charge in [0.25, 0.3) is 0 Å². The second-order valence-electron chi connectivity index (χ2n) is 8.51. The Hall–Kier alpha value is -0.400. The van der Waals surface area contributed by atoms with Crippen LogP contribution in [-0.2, 0) is 9.53 Å². The average Bonchev–Trinajstić information content (AvgIpc) is 2.73. The van der Waals surface area contributed by atoms with Crippen molar-refractivity contribution in [3.8, 4) is 0 Å². The molecule has 0 fully saturated rings. The molecule has 0 amide bonds. The van der Waals surface area contributed by atoms with Gasteiger partial charge in [0.2, 0.25) is 0 Å². The Morgan fingerprint density at radius 1 is 0.806 bits per heavy atom. The Labute approximate surface area is 196 Å². The number of carboxylic acids is 1. The van der Waals surface area contributed by atoms with E-state index in [1.165, 1.54) is 89.9 Å². The number of ether oxygens (including phenoxy) is 1. The molecule has 188 valence electrons. The van der Waals surface area contributed by atoms with Crippen molar-refractivity contribution in [1.82, 2.24) is 5.32 Å². The van der Waals surface area contributed by atoms with Crippen molar-refractivity contribution in [2.45, 2.75) is 122 Å². The third-order valence-electron chi connectivity index (χ3n) is 5.53. The van der Waals surface area contributed by atoms with Gasteiger partial charge in [0.15, 0.2) is 0 Å². The van der Waals surface area contributed by atoms with Crippen LogP contribution in [0.2, 0.25) is 0 Å². The van der Waals surface area contributed by atoms with Gasteiger partial charge in [0.1, 0.15) is 6.04 Å². The van der Waals surface area contributed by atoms with Gasteiger partial charge in [-0.1, -0.05) is 103 Å². The SMILES string of the molecule is CCCCCCCCCCCCCCCCCCOCC(O)CNC(CO)C(=O)O.Cl. The molecule has 7 heteroatoms. The minimum absolute atomic E-state index is 0. The fourth-order valence-corrected chi connectivity index (χ4v) is 3.54. The topological polar surface area (TPSA) is 99.0 Å². The van der Waals surface area contributed by atoms with Crippen molar-refractivity contribution in [2.24, 2.45) is 0 Å². The first-order chi connectivity index (χ1) is 14.6. The number of halogens is 1. The first kappa shape index (κ1) is 32.8. The molecule has 0 aliphatic carbocycles. The number of hydrogen-bond donors (Lipinski definition) is 4. The van der Waals surface area contributed by atoms with E-state index in [9.17, 15) is 9.90 Å². The highest BCUT2D eigenvalue weighted by Gasteiger charge is 2.16. The summed E-state index contributed by atoms with van der Waals surface area (Å²) in [5.74, 6) is -1.13. The molecule has 0 saturated carbocycles. The number of aliphatic carboxylic acids is 1. The first-order valence-electron chi connectivity index (χ1n) is 12.4. The van der Waals surface area contributed by atoms with Crippen LogP contribution >= 0.6 is 12.4 Å². The van der Waals surface area contributed by atoms with Gasteiger partial charge in [0, 0.05) is 13.2 Å². The molecule has 31 heavy (non-hydrogen) atoms. The number of hydrogen-bond acceptors (Lipinski definition) is 5. The van der Waals surface area contributed by atoms with E-state index in [1.54, 1.807) is 0 Å². The molecule has 0 bridgehead atoms. The summed E-state index contributed by atoms with van der Waals surface area (Å²) < 4.78 is 5.44. The fourth-order valence-electron chi connectivity index (χ4n) is 3.54. The molecule has 2 atom stereocenters. The van der Waals surface area contributed by atoms with E-state index >= 15 is 0 Å². The smallest absolute Gasteiger partial charge is 0.323 e. The van der Waals surface area contributed by atoms with Crippen LogP contribution in [0.15, 0.2) is 0 Å². The molecular weight excluding hydrogens is 418 g/mol. The second kappa shape index (κ2) is 25.9. The van der Waals surface area contributed by atoms with E-state index < -0.39 is 24.7 Å². The Morgan fingerprint density at radius 3 is 1.61 bits per heavy atom. The van der Waals surface area contributed by atoms with Gasteiger partial charge in [-0.2, -0.15) is 0 Å². The van der Waals surface area contributed by atoms with E-state index in [4.69, 9.17) is 14.9 Å². The molecule has 0 saturated heterocycles. The van der Waals surface area contributed by atoms with Crippen molar-refractivity contribution in [3.05, 3.63) is 0 Å². The molecule has 0 aliphatic rings. The van der Waals surface area contributed by atoms with E-state index in [0.717, 1.165) is 12.8 Å². The van der Waals surface area contributed by atoms with Gasteiger partial charge >= 0.3 is 5.97 Å². The van der Waals surface area contributed by atoms with Gasteiger partial charge in [0.05, 0.1) is 19.3 Å². The van der Waals surface area contributed by atoms with Crippen molar-refractivity contribution >= 4 is 18.4 Å². The summed E-state index contributed by atoms with van der Waals surface area (Å²) in [6, 6.07) is -1.04. The molecule has 0 rings (SSSR count). The molecule has 0 aromatic rings.